The van der Waals surface area contributed by atoms with Gasteiger partial charge in [0.05, 0.1) is 22.7 Å². The summed E-state index contributed by atoms with van der Waals surface area (Å²) in [7, 11) is -3.07. The molecule has 1 aromatic rings. The van der Waals surface area contributed by atoms with Crippen LogP contribution in [-0.4, -0.2) is 29.2 Å². The number of aromatic nitrogens is 2. The van der Waals surface area contributed by atoms with Gasteiger partial charge in [0.25, 0.3) is 0 Å². The molecule has 0 saturated carbocycles. The number of hydrazine groups is 1. The van der Waals surface area contributed by atoms with Crippen LogP contribution >= 0.6 is 0 Å². The fourth-order valence-corrected chi connectivity index (χ4v) is 4.68. The van der Waals surface area contributed by atoms with Crippen molar-refractivity contribution in [3.05, 3.63) is 18.0 Å². The summed E-state index contributed by atoms with van der Waals surface area (Å²) in [6.45, 7) is 2.67. The fraction of sp³-hybridized carbons (Fsp3) is 0.727. The van der Waals surface area contributed by atoms with E-state index in [4.69, 9.17) is 5.84 Å². The van der Waals surface area contributed by atoms with Crippen LogP contribution < -0.4 is 11.3 Å². The lowest BCUT2D eigenvalue weighted by atomic mass is 10.0. The number of hydrogen-bond acceptors (Lipinski definition) is 5. The van der Waals surface area contributed by atoms with E-state index >= 15 is 0 Å². The van der Waals surface area contributed by atoms with E-state index in [9.17, 15) is 8.42 Å². The van der Waals surface area contributed by atoms with E-state index in [-0.39, 0.29) is 11.8 Å². The Hall–Kier alpha value is -0.920. The van der Waals surface area contributed by atoms with Crippen LogP contribution in [-0.2, 0) is 16.4 Å². The molecule has 1 saturated heterocycles. The van der Waals surface area contributed by atoms with Crippen molar-refractivity contribution in [1.82, 2.24) is 15.2 Å². The topological polar surface area (TPSA) is 90.0 Å². The Morgan fingerprint density at radius 2 is 2.39 bits per heavy atom. The summed E-state index contributed by atoms with van der Waals surface area (Å²) in [4.78, 5) is 0. The van der Waals surface area contributed by atoms with Gasteiger partial charge in [0.15, 0.2) is 9.84 Å². The van der Waals surface area contributed by atoms with Gasteiger partial charge in [-0.3, -0.25) is 16.0 Å². The highest BCUT2D eigenvalue weighted by Gasteiger charge is 2.37. The summed E-state index contributed by atoms with van der Waals surface area (Å²) in [5.41, 5.74) is 3.51. The Balaban J connectivity index is 2.33. The molecule has 0 amide bonds. The number of sulfone groups is 1. The van der Waals surface area contributed by atoms with Crippen molar-refractivity contribution in [1.29, 1.82) is 0 Å². The molecule has 1 aromatic heterocycles. The Bertz CT molecular complexity index is 497. The lowest BCUT2D eigenvalue weighted by molar-refractivity contribution is 0.427. The van der Waals surface area contributed by atoms with Gasteiger partial charge in [0.2, 0.25) is 0 Å². The molecule has 102 valence electrons. The second-order valence-corrected chi connectivity index (χ2v) is 6.96. The highest BCUT2D eigenvalue weighted by atomic mass is 32.2. The van der Waals surface area contributed by atoms with Gasteiger partial charge in [-0.2, -0.15) is 5.10 Å². The monoisotopic (exact) mass is 272 g/mol. The van der Waals surface area contributed by atoms with Gasteiger partial charge in [-0.1, -0.05) is 6.42 Å². The Morgan fingerprint density at radius 3 is 3.00 bits per heavy atom. The fourth-order valence-electron chi connectivity index (χ4n) is 2.61. The Labute approximate surface area is 107 Å². The summed E-state index contributed by atoms with van der Waals surface area (Å²) in [6.07, 6.45) is 4.02. The molecule has 1 aliphatic rings. The van der Waals surface area contributed by atoms with Crippen LogP contribution in [0.4, 0.5) is 0 Å². The smallest absolute Gasteiger partial charge is 0.155 e. The predicted molar refractivity (Wildman–Crippen MR) is 69.4 cm³/mol. The van der Waals surface area contributed by atoms with E-state index < -0.39 is 15.1 Å². The van der Waals surface area contributed by atoms with E-state index in [1.54, 1.807) is 10.9 Å². The number of nitrogens with zero attached hydrogens (tertiary/aromatic N) is 2. The second-order valence-electron chi connectivity index (χ2n) is 4.62. The summed E-state index contributed by atoms with van der Waals surface area (Å²) in [6, 6.07) is 1.45. The first-order chi connectivity index (χ1) is 8.60. The normalized spacial score (nSPS) is 24.9. The van der Waals surface area contributed by atoms with Crippen LogP contribution in [0.2, 0.25) is 0 Å². The average molecular weight is 272 g/mol. The van der Waals surface area contributed by atoms with Crippen molar-refractivity contribution in [2.24, 2.45) is 5.84 Å². The molecule has 0 aromatic carbocycles. The molecule has 6 nitrogen and oxygen atoms in total. The maximum atomic E-state index is 12.2. The first-order valence-corrected chi connectivity index (χ1v) is 8.01. The zero-order valence-electron chi connectivity index (χ0n) is 10.5. The zero-order chi connectivity index (χ0) is 13.2. The third-order valence-electron chi connectivity index (χ3n) is 3.55. The van der Waals surface area contributed by atoms with Gasteiger partial charge in [0, 0.05) is 12.7 Å². The van der Waals surface area contributed by atoms with Gasteiger partial charge >= 0.3 is 0 Å². The Morgan fingerprint density at radius 1 is 1.61 bits per heavy atom. The molecule has 2 atom stereocenters. The summed E-state index contributed by atoms with van der Waals surface area (Å²) >= 11 is 0. The van der Waals surface area contributed by atoms with Gasteiger partial charge < -0.3 is 0 Å². The van der Waals surface area contributed by atoms with Crippen molar-refractivity contribution in [2.75, 3.05) is 5.75 Å². The molecule has 2 rings (SSSR count). The van der Waals surface area contributed by atoms with Crippen LogP contribution in [0.1, 0.15) is 37.9 Å². The third-order valence-corrected chi connectivity index (χ3v) is 5.84. The zero-order valence-corrected chi connectivity index (χ0v) is 11.4. The van der Waals surface area contributed by atoms with E-state index in [0.29, 0.717) is 13.0 Å². The number of hydrogen-bond donors (Lipinski definition) is 2. The molecular formula is C11H20N4O2S. The average Bonchev–Trinajstić information content (AvgIpc) is 2.80. The standard InChI is InChI=1S/C11H20N4O2S/c1-2-15-9(6-7-13-15)11(14-12)10-5-3-4-8-18(10,16)17/h6-7,10-11,14H,2-5,8,12H2,1H3. The summed E-state index contributed by atoms with van der Waals surface area (Å²) in [5, 5.41) is 3.73. The van der Waals surface area contributed by atoms with Crippen LogP contribution in [0, 0.1) is 0 Å². The molecule has 1 fully saturated rings. The number of aryl methyl sites for hydroxylation is 1. The maximum Gasteiger partial charge on any atom is 0.155 e. The minimum atomic E-state index is -3.07. The molecule has 2 unspecified atom stereocenters. The highest BCUT2D eigenvalue weighted by Crippen LogP contribution is 2.30. The molecule has 18 heavy (non-hydrogen) atoms. The maximum absolute atomic E-state index is 12.2. The molecule has 2 heterocycles. The molecule has 1 aliphatic heterocycles. The molecule has 0 bridgehead atoms. The highest BCUT2D eigenvalue weighted by molar-refractivity contribution is 7.92. The van der Waals surface area contributed by atoms with Gasteiger partial charge in [0.1, 0.15) is 0 Å². The SMILES string of the molecule is CCn1nccc1C(NN)C1CCCCS1(=O)=O. The lowest BCUT2D eigenvalue weighted by Crippen LogP contribution is -2.44. The van der Waals surface area contributed by atoms with Crippen LogP contribution in [0.15, 0.2) is 12.3 Å². The largest absolute Gasteiger partial charge is 0.271 e. The van der Waals surface area contributed by atoms with Crippen molar-refractivity contribution in [3.63, 3.8) is 0 Å². The first-order valence-electron chi connectivity index (χ1n) is 6.29. The molecule has 0 radical (unpaired) electrons. The Kier molecular flexibility index (Phi) is 4.04. The van der Waals surface area contributed by atoms with Gasteiger partial charge in [-0.15, -0.1) is 0 Å². The van der Waals surface area contributed by atoms with Crippen molar-refractivity contribution in [3.8, 4) is 0 Å². The van der Waals surface area contributed by atoms with Crippen molar-refractivity contribution < 1.29 is 8.42 Å². The molecule has 7 heteroatoms. The lowest BCUT2D eigenvalue weighted by Gasteiger charge is -2.29. The second kappa shape index (κ2) is 5.38. The van der Waals surface area contributed by atoms with E-state index in [1.807, 2.05) is 13.0 Å². The summed E-state index contributed by atoms with van der Waals surface area (Å²) < 4.78 is 26.1. The van der Waals surface area contributed by atoms with Crippen molar-refractivity contribution in [2.45, 2.75) is 44.0 Å². The van der Waals surface area contributed by atoms with E-state index in [0.717, 1.165) is 18.5 Å². The quantitative estimate of drug-likeness (QED) is 0.610. The molecule has 0 aliphatic carbocycles. The number of nitrogens with two attached hydrogens (primary N) is 1. The van der Waals surface area contributed by atoms with Crippen LogP contribution in [0.3, 0.4) is 0 Å². The van der Waals surface area contributed by atoms with Crippen LogP contribution in [0.25, 0.3) is 0 Å². The molecule has 0 spiro atoms. The van der Waals surface area contributed by atoms with Gasteiger partial charge in [-0.25, -0.2) is 8.42 Å². The minimum Gasteiger partial charge on any atom is -0.271 e. The van der Waals surface area contributed by atoms with E-state index in [2.05, 4.69) is 10.5 Å². The third kappa shape index (κ3) is 2.43. The molecular weight excluding hydrogens is 252 g/mol. The number of nitrogens with one attached hydrogen (secondary N) is 1. The van der Waals surface area contributed by atoms with Crippen molar-refractivity contribution >= 4 is 9.84 Å². The summed E-state index contributed by atoms with van der Waals surface area (Å²) in [5.74, 6) is 5.84. The van der Waals surface area contributed by atoms with Crippen LogP contribution in [0.5, 0.6) is 0 Å². The predicted octanol–water partition coefficient (Wildman–Crippen LogP) is 0.375. The first kappa shape index (κ1) is 13.5. The van der Waals surface area contributed by atoms with E-state index in [1.165, 1.54) is 0 Å². The van der Waals surface area contributed by atoms with Gasteiger partial charge in [-0.05, 0) is 25.8 Å². The molecule has 3 N–H and O–H groups in total. The number of rotatable bonds is 4. The minimum absolute atomic E-state index is 0.260.